The Balaban J connectivity index is 1.91. The molecular weight excluding hydrogens is 228 g/mol. The van der Waals surface area contributed by atoms with E-state index in [0.717, 1.165) is 19.4 Å². The first-order valence-electron chi connectivity index (χ1n) is 5.76. The minimum Gasteiger partial charge on any atom is -0.340 e. The zero-order chi connectivity index (χ0) is 11.6. The van der Waals surface area contributed by atoms with Crippen LogP contribution in [-0.2, 0) is 14.6 Å². The number of nitrogens with zero attached hydrogens (tertiary/aromatic N) is 1. The van der Waals surface area contributed by atoms with Crippen LogP contribution in [0.4, 0.5) is 0 Å². The molecular formula is C10H18N2O3S. The number of sulfone groups is 1. The van der Waals surface area contributed by atoms with Crippen LogP contribution in [-0.4, -0.2) is 56.9 Å². The van der Waals surface area contributed by atoms with Gasteiger partial charge in [-0.1, -0.05) is 0 Å². The SMILES string of the molecule is O=C1CNCCN1CC1CCCS(=O)(=O)C1. The fourth-order valence-electron chi connectivity index (χ4n) is 2.41. The maximum atomic E-state index is 11.5. The summed E-state index contributed by atoms with van der Waals surface area (Å²) in [6.45, 7) is 2.51. The molecule has 0 aromatic heterocycles. The van der Waals surface area contributed by atoms with Gasteiger partial charge in [0.25, 0.3) is 0 Å². The molecule has 92 valence electrons. The Morgan fingerprint density at radius 3 is 2.94 bits per heavy atom. The Labute approximate surface area is 96.1 Å². The molecule has 0 spiro atoms. The van der Waals surface area contributed by atoms with Crippen LogP contribution in [0, 0.1) is 5.92 Å². The van der Waals surface area contributed by atoms with E-state index in [1.807, 2.05) is 0 Å². The van der Waals surface area contributed by atoms with Gasteiger partial charge in [-0.15, -0.1) is 0 Å². The highest BCUT2D eigenvalue weighted by Gasteiger charge is 2.28. The van der Waals surface area contributed by atoms with Crippen molar-refractivity contribution in [2.45, 2.75) is 12.8 Å². The van der Waals surface area contributed by atoms with Crippen LogP contribution in [0.15, 0.2) is 0 Å². The van der Waals surface area contributed by atoms with Crippen LogP contribution in [0.5, 0.6) is 0 Å². The predicted octanol–water partition coefficient (Wildman–Crippen LogP) is -0.757. The van der Waals surface area contributed by atoms with Gasteiger partial charge in [0.1, 0.15) is 0 Å². The molecule has 2 aliphatic rings. The number of nitrogens with one attached hydrogen (secondary N) is 1. The van der Waals surface area contributed by atoms with Gasteiger partial charge in [0.15, 0.2) is 9.84 Å². The average Bonchev–Trinajstić information content (AvgIpc) is 2.20. The Kier molecular flexibility index (Phi) is 3.49. The van der Waals surface area contributed by atoms with E-state index in [-0.39, 0.29) is 17.6 Å². The molecule has 2 saturated heterocycles. The number of hydrogen-bond donors (Lipinski definition) is 1. The van der Waals surface area contributed by atoms with Gasteiger partial charge in [-0.2, -0.15) is 0 Å². The third-order valence-electron chi connectivity index (χ3n) is 3.22. The first-order valence-corrected chi connectivity index (χ1v) is 7.58. The van der Waals surface area contributed by atoms with Gasteiger partial charge in [0.2, 0.25) is 5.91 Å². The first-order chi connectivity index (χ1) is 7.57. The Hall–Kier alpha value is -0.620. The van der Waals surface area contributed by atoms with Gasteiger partial charge in [-0.3, -0.25) is 4.79 Å². The minimum absolute atomic E-state index is 0.0919. The molecule has 1 atom stereocenters. The standard InChI is InChI=1S/C10H18N2O3S/c13-10-6-11-3-4-12(10)7-9-2-1-5-16(14,15)8-9/h9,11H,1-8H2. The summed E-state index contributed by atoms with van der Waals surface area (Å²) in [5, 5.41) is 3.01. The van der Waals surface area contributed by atoms with E-state index < -0.39 is 9.84 Å². The molecule has 2 fully saturated rings. The highest BCUT2D eigenvalue weighted by Crippen LogP contribution is 2.19. The van der Waals surface area contributed by atoms with Gasteiger partial charge in [-0.05, 0) is 18.8 Å². The van der Waals surface area contributed by atoms with Gasteiger partial charge in [0, 0.05) is 19.6 Å². The quantitative estimate of drug-likeness (QED) is 0.696. The zero-order valence-corrected chi connectivity index (χ0v) is 10.1. The molecule has 16 heavy (non-hydrogen) atoms. The summed E-state index contributed by atoms with van der Waals surface area (Å²) >= 11 is 0. The summed E-state index contributed by atoms with van der Waals surface area (Å²) in [6, 6.07) is 0. The molecule has 5 nitrogen and oxygen atoms in total. The van der Waals surface area contributed by atoms with Gasteiger partial charge >= 0.3 is 0 Å². The lowest BCUT2D eigenvalue weighted by Crippen LogP contribution is -2.50. The smallest absolute Gasteiger partial charge is 0.236 e. The minimum atomic E-state index is -2.85. The summed E-state index contributed by atoms with van der Waals surface area (Å²) in [5.41, 5.74) is 0. The summed E-state index contributed by atoms with van der Waals surface area (Å²) in [6.07, 6.45) is 1.67. The third-order valence-corrected chi connectivity index (χ3v) is 5.11. The van der Waals surface area contributed by atoms with Crippen molar-refractivity contribution in [2.24, 2.45) is 5.92 Å². The summed E-state index contributed by atoms with van der Waals surface area (Å²) in [7, 11) is -2.85. The normalized spacial score (nSPS) is 30.4. The summed E-state index contributed by atoms with van der Waals surface area (Å²) in [4.78, 5) is 13.3. The maximum absolute atomic E-state index is 11.5. The molecule has 1 unspecified atom stereocenters. The van der Waals surface area contributed by atoms with Gasteiger partial charge < -0.3 is 10.2 Å². The molecule has 0 bridgehead atoms. The van der Waals surface area contributed by atoms with Crippen LogP contribution in [0.1, 0.15) is 12.8 Å². The molecule has 2 heterocycles. The van der Waals surface area contributed by atoms with Crippen molar-refractivity contribution in [1.29, 1.82) is 0 Å². The van der Waals surface area contributed by atoms with Gasteiger partial charge in [0.05, 0.1) is 18.1 Å². The van der Waals surface area contributed by atoms with E-state index in [0.29, 0.717) is 25.4 Å². The van der Waals surface area contributed by atoms with Crippen molar-refractivity contribution in [3.8, 4) is 0 Å². The van der Waals surface area contributed by atoms with Crippen molar-refractivity contribution in [1.82, 2.24) is 10.2 Å². The Bertz CT molecular complexity index is 366. The molecule has 0 aromatic rings. The first kappa shape index (κ1) is 11.9. The Morgan fingerprint density at radius 1 is 1.44 bits per heavy atom. The van der Waals surface area contributed by atoms with Crippen molar-refractivity contribution < 1.29 is 13.2 Å². The second kappa shape index (κ2) is 4.71. The Morgan fingerprint density at radius 2 is 2.25 bits per heavy atom. The van der Waals surface area contributed by atoms with Crippen molar-refractivity contribution >= 4 is 15.7 Å². The zero-order valence-electron chi connectivity index (χ0n) is 9.31. The topological polar surface area (TPSA) is 66.5 Å². The molecule has 2 rings (SSSR count). The third kappa shape index (κ3) is 2.95. The van der Waals surface area contributed by atoms with E-state index in [9.17, 15) is 13.2 Å². The highest BCUT2D eigenvalue weighted by molar-refractivity contribution is 7.91. The fourth-order valence-corrected chi connectivity index (χ4v) is 4.18. The lowest BCUT2D eigenvalue weighted by atomic mass is 10.0. The lowest BCUT2D eigenvalue weighted by molar-refractivity contribution is -0.132. The molecule has 1 N–H and O–H groups in total. The van der Waals surface area contributed by atoms with Crippen LogP contribution >= 0.6 is 0 Å². The van der Waals surface area contributed by atoms with Crippen LogP contribution < -0.4 is 5.32 Å². The van der Waals surface area contributed by atoms with E-state index in [1.165, 1.54) is 0 Å². The average molecular weight is 246 g/mol. The lowest BCUT2D eigenvalue weighted by Gasteiger charge is -2.32. The second-order valence-corrected chi connectivity index (χ2v) is 6.87. The molecule has 0 radical (unpaired) electrons. The fraction of sp³-hybridized carbons (Fsp3) is 0.900. The maximum Gasteiger partial charge on any atom is 0.236 e. The van der Waals surface area contributed by atoms with Crippen molar-refractivity contribution in [2.75, 3.05) is 37.7 Å². The predicted molar refractivity (Wildman–Crippen MR) is 60.8 cm³/mol. The molecule has 0 saturated carbocycles. The van der Waals surface area contributed by atoms with E-state index in [1.54, 1.807) is 4.90 Å². The molecule has 0 aliphatic carbocycles. The largest absolute Gasteiger partial charge is 0.340 e. The van der Waals surface area contributed by atoms with Crippen LogP contribution in [0.3, 0.4) is 0 Å². The highest BCUT2D eigenvalue weighted by atomic mass is 32.2. The molecule has 2 aliphatic heterocycles. The second-order valence-electron chi connectivity index (χ2n) is 4.64. The summed E-state index contributed by atoms with van der Waals surface area (Å²) < 4.78 is 22.9. The number of carbonyl (C=O) groups is 1. The summed E-state index contributed by atoms with van der Waals surface area (Å²) in [5.74, 6) is 0.804. The number of amides is 1. The van der Waals surface area contributed by atoms with Crippen molar-refractivity contribution in [3.63, 3.8) is 0 Å². The van der Waals surface area contributed by atoms with E-state index in [4.69, 9.17) is 0 Å². The number of piperazine rings is 1. The van der Waals surface area contributed by atoms with Crippen molar-refractivity contribution in [3.05, 3.63) is 0 Å². The molecule has 0 aromatic carbocycles. The van der Waals surface area contributed by atoms with Crippen LogP contribution in [0.2, 0.25) is 0 Å². The van der Waals surface area contributed by atoms with E-state index >= 15 is 0 Å². The molecule has 6 heteroatoms. The number of carbonyl (C=O) groups excluding carboxylic acids is 1. The van der Waals surface area contributed by atoms with Gasteiger partial charge in [-0.25, -0.2) is 8.42 Å². The monoisotopic (exact) mass is 246 g/mol. The van der Waals surface area contributed by atoms with Crippen LogP contribution in [0.25, 0.3) is 0 Å². The van der Waals surface area contributed by atoms with E-state index in [2.05, 4.69) is 5.32 Å². The molecule has 1 amide bonds. The number of rotatable bonds is 2. The number of hydrogen-bond acceptors (Lipinski definition) is 4.